The smallest absolute Gasteiger partial charge is 0.306 e. The van der Waals surface area contributed by atoms with Crippen LogP contribution in [0.2, 0.25) is 0 Å². The molecule has 5 heteroatoms. The molecule has 1 aromatic heterocycles. The molecule has 0 radical (unpaired) electrons. The Labute approximate surface area is 142 Å². The minimum absolute atomic E-state index is 0.0746. The third kappa shape index (κ3) is 4.23. The number of carboxylic acids is 1. The van der Waals surface area contributed by atoms with Crippen LogP contribution in [0.5, 0.6) is 0 Å². The monoisotopic (exact) mass is 330 g/mol. The standard InChI is InChI=1S/C19H26N2O3/c1-4-15(19(23)24)9-10-20(3)11-12-21-13-17(14(2)22)16-7-5-6-8-18(16)21/h5-8,13,15H,4,9-12H2,1-3H3,(H,23,24). The fourth-order valence-corrected chi connectivity index (χ4v) is 2.98. The largest absolute Gasteiger partial charge is 0.481 e. The van der Waals surface area contributed by atoms with Crippen LogP contribution in [-0.2, 0) is 11.3 Å². The zero-order valence-corrected chi connectivity index (χ0v) is 14.7. The van der Waals surface area contributed by atoms with Gasteiger partial charge in [0.1, 0.15) is 0 Å². The molecule has 0 fully saturated rings. The maximum absolute atomic E-state index is 11.8. The van der Waals surface area contributed by atoms with Crippen molar-refractivity contribution in [2.45, 2.75) is 33.2 Å². The van der Waals surface area contributed by atoms with Crippen LogP contribution in [0.25, 0.3) is 10.9 Å². The fraction of sp³-hybridized carbons (Fsp3) is 0.474. The number of Topliss-reactive ketones (excluding diaryl/α,β-unsaturated/α-hetero) is 1. The molecule has 0 spiro atoms. The predicted octanol–water partition coefficient (Wildman–Crippen LogP) is 3.28. The van der Waals surface area contributed by atoms with Crippen LogP contribution in [0.15, 0.2) is 30.5 Å². The molecule has 2 aromatic rings. The number of rotatable bonds is 9. The van der Waals surface area contributed by atoms with Gasteiger partial charge >= 0.3 is 5.97 Å². The minimum Gasteiger partial charge on any atom is -0.481 e. The summed E-state index contributed by atoms with van der Waals surface area (Å²) >= 11 is 0. The van der Waals surface area contributed by atoms with Gasteiger partial charge in [0.25, 0.3) is 0 Å². The van der Waals surface area contributed by atoms with Gasteiger partial charge in [0.15, 0.2) is 5.78 Å². The maximum Gasteiger partial charge on any atom is 0.306 e. The second-order valence-electron chi connectivity index (χ2n) is 6.34. The lowest BCUT2D eigenvalue weighted by Gasteiger charge is -2.19. The molecule has 24 heavy (non-hydrogen) atoms. The molecule has 0 bridgehead atoms. The summed E-state index contributed by atoms with van der Waals surface area (Å²) in [5.74, 6) is -0.914. The Morgan fingerprint density at radius 2 is 1.96 bits per heavy atom. The number of carbonyl (C=O) groups excluding carboxylic acids is 1. The topological polar surface area (TPSA) is 62.5 Å². The van der Waals surface area contributed by atoms with Crippen molar-refractivity contribution < 1.29 is 14.7 Å². The van der Waals surface area contributed by atoms with Crippen LogP contribution in [0.3, 0.4) is 0 Å². The molecule has 0 saturated heterocycles. The van der Waals surface area contributed by atoms with E-state index >= 15 is 0 Å². The summed E-state index contributed by atoms with van der Waals surface area (Å²) in [4.78, 5) is 25.0. The number of hydrogen-bond acceptors (Lipinski definition) is 3. The fourth-order valence-electron chi connectivity index (χ4n) is 2.98. The summed E-state index contributed by atoms with van der Waals surface area (Å²) in [6, 6.07) is 7.93. The minimum atomic E-state index is -0.714. The molecule has 1 aromatic carbocycles. The summed E-state index contributed by atoms with van der Waals surface area (Å²) in [5, 5.41) is 10.1. The number of nitrogens with zero attached hydrogens (tertiary/aromatic N) is 2. The van der Waals surface area contributed by atoms with Crippen LogP contribution < -0.4 is 0 Å². The van der Waals surface area contributed by atoms with Crippen LogP contribution in [-0.4, -0.2) is 46.5 Å². The second-order valence-corrected chi connectivity index (χ2v) is 6.34. The normalized spacial score (nSPS) is 12.7. The highest BCUT2D eigenvalue weighted by Gasteiger charge is 2.16. The molecule has 0 amide bonds. The van der Waals surface area contributed by atoms with Crippen LogP contribution >= 0.6 is 0 Å². The van der Waals surface area contributed by atoms with Gasteiger partial charge in [0.05, 0.1) is 5.92 Å². The van der Waals surface area contributed by atoms with Crippen molar-refractivity contribution >= 4 is 22.7 Å². The lowest BCUT2D eigenvalue weighted by molar-refractivity contribution is -0.142. The number of ketones is 1. The van der Waals surface area contributed by atoms with Gasteiger partial charge in [0.2, 0.25) is 0 Å². The van der Waals surface area contributed by atoms with E-state index in [1.54, 1.807) is 6.92 Å². The lowest BCUT2D eigenvalue weighted by atomic mass is 10.0. The highest BCUT2D eigenvalue weighted by atomic mass is 16.4. The van der Waals surface area contributed by atoms with E-state index in [-0.39, 0.29) is 11.7 Å². The second kappa shape index (κ2) is 8.11. The highest BCUT2D eigenvalue weighted by molar-refractivity contribution is 6.06. The van der Waals surface area contributed by atoms with E-state index in [1.807, 2.05) is 44.4 Å². The quantitative estimate of drug-likeness (QED) is 0.717. The number of benzene rings is 1. The van der Waals surface area contributed by atoms with E-state index in [9.17, 15) is 9.59 Å². The molecule has 130 valence electrons. The van der Waals surface area contributed by atoms with Gasteiger partial charge < -0.3 is 14.6 Å². The number of aromatic nitrogens is 1. The van der Waals surface area contributed by atoms with Gasteiger partial charge in [-0.2, -0.15) is 0 Å². The molecule has 1 unspecified atom stereocenters. The SMILES string of the molecule is CCC(CCN(C)CCn1cc(C(C)=O)c2ccccc21)C(=O)O. The third-order valence-electron chi connectivity index (χ3n) is 4.59. The Kier molecular flexibility index (Phi) is 6.15. The molecule has 0 aliphatic rings. The van der Waals surface area contributed by atoms with E-state index in [4.69, 9.17) is 5.11 Å². The first kappa shape index (κ1) is 18.2. The number of para-hydroxylation sites is 1. The lowest BCUT2D eigenvalue weighted by Crippen LogP contribution is -2.27. The van der Waals surface area contributed by atoms with Gasteiger partial charge in [-0.1, -0.05) is 25.1 Å². The Morgan fingerprint density at radius 3 is 2.58 bits per heavy atom. The third-order valence-corrected chi connectivity index (χ3v) is 4.59. The van der Waals surface area contributed by atoms with Crippen molar-refractivity contribution in [2.75, 3.05) is 20.1 Å². The van der Waals surface area contributed by atoms with E-state index in [2.05, 4.69) is 9.47 Å². The van der Waals surface area contributed by atoms with E-state index in [1.165, 1.54) is 0 Å². The van der Waals surface area contributed by atoms with Gasteiger partial charge in [0, 0.05) is 35.8 Å². The molecule has 0 saturated carbocycles. The van der Waals surface area contributed by atoms with Crippen molar-refractivity contribution in [1.82, 2.24) is 9.47 Å². The average molecular weight is 330 g/mol. The number of likely N-dealkylation sites (N-methyl/N-ethyl adjacent to an activating group) is 1. The highest BCUT2D eigenvalue weighted by Crippen LogP contribution is 2.21. The van der Waals surface area contributed by atoms with Crippen molar-refractivity contribution in [3.05, 3.63) is 36.0 Å². The zero-order chi connectivity index (χ0) is 17.7. The molecule has 1 heterocycles. The molecule has 0 aliphatic heterocycles. The van der Waals surface area contributed by atoms with E-state index in [0.717, 1.165) is 36.1 Å². The van der Waals surface area contributed by atoms with Crippen molar-refractivity contribution in [2.24, 2.45) is 5.92 Å². The predicted molar refractivity (Wildman–Crippen MR) is 95.5 cm³/mol. The van der Waals surface area contributed by atoms with Gasteiger partial charge in [-0.25, -0.2) is 0 Å². The summed E-state index contributed by atoms with van der Waals surface area (Å²) in [6.07, 6.45) is 3.24. The first-order chi connectivity index (χ1) is 11.4. The van der Waals surface area contributed by atoms with Crippen molar-refractivity contribution in [3.8, 4) is 0 Å². The van der Waals surface area contributed by atoms with Crippen molar-refractivity contribution in [1.29, 1.82) is 0 Å². The molecule has 1 N–H and O–H groups in total. The Hall–Kier alpha value is -2.14. The number of fused-ring (bicyclic) bond motifs is 1. The summed E-state index contributed by atoms with van der Waals surface area (Å²) in [6.45, 7) is 5.84. The van der Waals surface area contributed by atoms with Gasteiger partial charge in [-0.15, -0.1) is 0 Å². The molecule has 1 atom stereocenters. The van der Waals surface area contributed by atoms with Gasteiger partial charge in [-0.3, -0.25) is 9.59 Å². The maximum atomic E-state index is 11.8. The first-order valence-corrected chi connectivity index (χ1v) is 8.44. The van der Waals surface area contributed by atoms with E-state index < -0.39 is 5.97 Å². The van der Waals surface area contributed by atoms with E-state index in [0.29, 0.717) is 12.8 Å². The molecular weight excluding hydrogens is 304 g/mol. The Morgan fingerprint density at radius 1 is 1.25 bits per heavy atom. The first-order valence-electron chi connectivity index (χ1n) is 8.44. The molecule has 2 rings (SSSR count). The number of carboxylic acid groups (broad SMARTS) is 1. The van der Waals surface area contributed by atoms with Crippen LogP contribution in [0.1, 0.15) is 37.0 Å². The number of hydrogen-bond donors (Lipinski definition) is 1. The van der Waals surface area contributed by atoms with Crippen LogP contribution in [0.4, 0.5) is 0 Å². The average Bonchev–Trinajstić information content (AvgIpc) is 2.92. The Balaban J connectivity index is 2.00. The summed E-state index contributed by atoms with van der Waals surface area (Å²) < 4.78 is 2.11. The Bertz CT molecular complexity index is 720. The molecule has 5 nitrogen and oxygen atoms in total. The summed E-state index contributed by atoms with van der Waals surface area (Å²) in [7, 11) is 2.01. The number of aliphatic carboxylic acids is 1. The van der Waals surface area contributed by atoms with Crippen molar-refractivity contribution in [3.63, 3.8) is 0 Å². The van der Waals surface area contributed by atoms with Gasteiger partial charge in [-0.05, 0) is 39.4 Å². The van der Waals surface area contributed by atoms with Crippen LogP contribution in [0, 0.1) is 5.92 Å². The zero-order valence-electron chi connectivity index (χ0n) is 14.7. The number of carbonyl (C=O) groups is 2. The molecular formula is C19H26N2O3. The summed E-state index contributed by atoms with van der Waals surface area (Å²) in [5.41, 5.74) is 1.82. The molecule has 0 aliphatic carbocycles.